The van der Waals surface area contributed by atoms with Gasteiger partial charge in [0.15, 0.2) is 0 Å². The van der Waals surface area contributed by atoms with Crippen LogP contribution in [0.5, 0.6) is 0 Å². The lowest BCUT2D eigenvalue weighted by Crippen LogP contribution is -2.35. The summed E-state index contributed by atoms with van der Waals surface area (Å²) in [5, 5.41) is 0. The van der Waals surface area contributed by atoms with E-state index in [9.17, 15) is 8.76 Å². The highest BCUT2D eigenvalue weighted by atomic mass is 32.2. The van der Waals surface area contributed by atoms with Gasteiger partial charge in [0.2, 0.25) is 0 Å². The Labute approximate surface area is 103 Å². The smallest absolute Gasteiger partial charge is 0.0738 e. The zero-order valence-corrected chi connectivity index (χ0v) is 10.4. The van der Waals surface area contributed by atoms with Crippen molar-refractivity contribution < 1.29 is 8.76 Å². The Bertz CT molecular complexity index is 405. The van der Waals surface area contributed by atoms with Crippen LogP contribution in [0.4, 0.5) is 11.4 Å². The summed E-state index contributed by atoms with van der Waals surface area (Å²) in [7, 11) is 0. The molecule has 94 valence electrons. The second-order valence-corrected chi connectivity index (χ2v) is 5.28. The monoisotopic (exact) mass is 254 g/mol. The van der Waals surface area contributed by atoms with Gasteiger partial charge in [0.1, 0.15) is 0 Å². The van der Waals surface area contributed by atoms with E-state index in [2.05, 4.69) is 9.88 Å². The molecule has 0 aromatic carbocycles. The summed E-state index contributed by atoms with van der Waals surface area (Å²) in [4.78, 5) is 6.16. The molecule has 2 heterocycles. The molecule has 0 amide bonds. The van der Waals surface area contributed by atoms with E-state index in [1.807, 2.05) is 6.07 Å². The van der Waals surface area contributed by atoms with Crippen molar-refractivity contribution in [3.8, 4) is 0 Å². The maximum absolute atomic E-state index is 10.6. The van der Waals surface area contributed by atoms with E-state index in [1.165, 1.54) is 0 Å². The fourth-order valence-corrected chi connectivity index (χ4v) is 2.94. The van der Waals surface area contributed by atoms with Crippen molar-refractivity contribution in [1.29, 1.82) is 0 Å². The average molecular weight is 254 g/mol. The van der Waals surface area contributed by atoms with Crippen LogP contribution >= 0.6 is 0 Å². The van der Waals surface area contributed by atoms with Gasteiger partial charge in [-0.2, -0.15) is 0 Å². The quantitative estimate of drug-likeness (QED) is 0.805. The Kier molecular flexibility index (Phi) is 3.96. The Morgan fingerprint density at radius 1 is 1.53 bits per heavy atom. The number of anilines is 2. The predicted octanol–water partition coefficient (Wildman–Crippen LogP) is 0.759. The van der Waals surface area contributed by atoms with Crippen molar-refractivity contribution in [3.63, 3.8) is 0 Å². The first-order valence-corrected chi connectivity index (χ1v) is 6.91. The number of hydrogen-bond donors (Lipinski definition) is 1. The van der Waals surface area contributed by atoms with Gasteiger partial charge in [-0.25, -0.2) is 0 Å². The first-order valence-electron chi connectivity index (χ1n) is 5.67. The molecule has 1 aromatic rings. The van der Waals surface area contributed by atoms with Gasteiger partial charge in [-0.3, -0.25) is 9.19 Å². The van der Waals surface area contributed by atoms with Gasteiger partial charge in [-0.15, -0.1) is 0 Å². The topological polar surface area (TPSA) is 82.3 Å². The molecule has 0 saturated carbocycles. The van der Waals surface area contributed by atoms with Crippen molar-refractivity contribution in [2.24, 2.45) is 5.92 Å². The Balaban J connectivity index is 1.95. The fraction of sp³-hybridized carbons (Fsp3) is 0.545. The minimum Gasteiger partial charge on any atom is -0.772 e. The van der Waals surface area contributed by atoms with Crippen LogP contribution in [0.1, 0.15) is 12.8 Å². The molecule has 17 heavy (non-hydrogen) atoms. The van der Waals surface area contributed by atoms with E-state index in [4.69, 9.17) is 5.73 Å². The van der Waals surface area contributed by atoms with Crippen LogP contribution in [0.3, 0.4) is 0 Å². The minimum absolute atomic E-state index is 0.277. The summed E-state index contributed by atoms with van der Waals surface area (Å²) in [6.07, 6.45) is 5.17. The number of aromatic nitrogens is 1. The van der Waals surface area contributed by atoms with E-state index < -0.39 is 11.1 Å². The summed E-state index contributed by atoms with van der Waals surface area (Å²) < 4.78 is 21.3. The van der Waals surface area contributed by atoms with Crippen molar-refractivity contribution in [2.75, 3.05) is 29.5 Å². The molecule has 0 radical (unpaired) electrons. The highest BCUT2D eigenvalue weighted by molar-refractivity contribution is 7.79. The van der Waals surface area contributed by atoms with Gasteiger partial charge in [-0.1, -0.05) is 11.1 Å². The highest BCUT2D eigenvalue weighted by Crippen LogP contribution is 2.27. The van der Waals surface area contributed by atoms with Crippen molar-refractivity contribution in [2.45, 2.75) is 12.8 Å². The van der Waals surface area contributed by atoms with E-state index in [0.717, 1.165) is 31.6 Å². The molecule has 0 spiro atoms. The van der Waals surface area contributed by atoms with Crippen LogP contribution in [0.25, 0.3) is 0 Å². The molecule has 2 rings (SSSR count). The first kappa shape index (κ1) is 12.3. The number of rotatable bonds is 3. The molecule has 6 heteroatoms. The number of nitrogen functional groups attached to an aromatic ring is 1. The van der Waals surface area contributed by atoms with Crippen LogP contribution < -0.4 is 10.6 Å². The highest BCUT2D eigenvalue weighted by Gasteiger charge is 2.20. The molecule has 1 unspecified atom stereocenters. The van der Waals surface area contributed by atoms with Gasteiger partial charge < -0.3 is 15.2 Å². The Morgan fingerprint density at radius 2 is 2.24 bits per heavy atom. The fourth-order valence-electron chi connectivity index (χ4n) is 2.22. The molecule has 0 bridgehead atoms. The Morgan fingerprint density at radius 3 is 2.82 bits per heavy atom. The third-order valence-corrected chi connectivity index (χ3v) is 3.90. The van der Waals surface area contributed by atoms with Gasteiger partial charge in [0, 0.05) is 25.0 Å². The Hall–Kier alpha value is -1.14. The van der Waals surface area contributed by atoms with Gasteiger partial charge >= 0.3 is 0 Å². The maximum atomic E-state index is 10.6. The van der Waals surface area contributed by atoms with Gasteiger partial charge in [0.05, 0.1) is 17.6 Å². The predicted molar refractivity (Wildman–Crippen MR) is 67.4 cm³/mol. The molecule has 1 saturated heterocycles. The van der Waals surface area contributed by atoms with Crippen LogP contribution in [0, 0.1) is 5.92 Å². The summed E-state index contributed by atoms with van der Waals surface area (Å²) in [6.45, 7) is 1.71. The van der Waals surface area contributed by atoms with Gasteiger partial charge in [-0.05, 0) is 24.8 Å². The molecule has 1 fully saturated rings. The summed E-state index contributed by atoms with van der Waals surface area (Å²) in [5.74, 6) is 0.562. The normalized spacial score (nSPS) is 19.2. The molecule has 5 nitrogen and oxygen atoms in total. The lowest BCUT2D eigenvalue weighted by Gasteiger charge is -2.34. The third kappa shape index (κ3) is 3.17. The molecule has 0 aliphatic carbocycles. The molecular formula is C11H16N3O2S-. The van der Waals surface area contributed by atoms with E-state index >= 15 is 0 Å². The first-order chi connectivity index (χ1) is 8.16. The molecule has 1 aromatic heterocycles. The van der Waals surface area contributed by atoms with Crippen LogP contribution in [-0.4, -0.2) is 32.6 Å². The number of nitrogens with two attached hydrogens (primary N) is 1. The number of hydrogen-bond acceptors (Lipinski definition) is 5. The zero-order chi connectivity index (χ0) is 12.3. The lowest BCUT2D eigenvalue weighted by atomic mass is 9.98. The van der Waals surface area contributed by atoms with Crippen LogP contribution in [0.2, 0.25) is 0 Å². The number of piperidine rings is 1. The summed E-state index contributed by atoms with van der Waals surface area (Å²) >= 11 is -1.93. The second kappa shape index (κ2) is 5.46. The second-order valence-electron chi connectivity index (χ2n) is 4.34. The maximum Gasteiger partial charge on any atom is 0.0738 e. The number of pyridine rings is 1. The van der Waals surface area contributed by atoms with E-state index in [-0.39, 0.29) is 11.7 Å². The lowest BCUT2D eigenvalue weighted by molar-refractivity contribution is 0.429. The molecule has 1 aliphatic rings. The van der Waals surface area contributed by atoms with Gasteiger partial charge in [0.25, 0.3) is 0 Å². The summed E-state index contributed by atoms with van der Waals surface area (Å²) in [5.41, 5.74) is 7.54. The number of nitrogens with zero attached hydrogens (tertiary/aromatic N) is 2. The minimum atomic E-state index is -1.93. The molecular weight excluding hydrogens is 238 g/mol. The SMILES string of the molecule is Nc1cnccc1N1CCC(CS(=O)[O-])CC1. The standard InChI is InChI=1S/C11H17N3O2S/c12-10-7-13-4-1-11(10)14-5-2-9(3-6-14)8-17(15)16/h1,4,7,9H,2-3,5-6,8,12H2,(H,15,16)/p-1. The van der Waals surface area contributed by atoms with Crippen molar-refractivity contribution in [3.05, 3.63) is 18.5 Å². The van der Waals surface area contributed by atoms with Crippen LogP contribution in [0.15, 0.2) is 18.5 Å². The van der Waals surface area contributed by atoms with E-state index in [1.54, 1.807) is 12.4 Å². The van der Waals surface area contributed by atoms with Crippen LogP contribution in [-0.2, 0) is 11.1 Å². The zero-order valence-electron chi connectivity index (χ0n) is 9.54. The summed E-state index contributed by atoms with van der Waals surface area (Å²) in [6, 6.07) is 1.90. The largest absolute Gasteiger partial charge is 0.772 e. The average Bonchev–Trinajstić information content (AvgIpc) is 2.30. The van der Waals surface area contributed by atoms with E-state index in [0.29, 0.717) is 5.69 Å². The third-order valence-electron chi connectivity index (χ3n) is 3.15. The van der Waals surface area contributed by atoms with Crippen molar-refractivity contribution in [1.82, 2.24) is 4.98 Å². The molecule has 2 N–H and O–H groups in total. The molecule has 1 atom stereocenters. The van der Waals surface area contributed by atoms with Crippen molar-refractivity contribution >= 4 is 22.5 Å². The molecule has 1 aliphatic heterocycles.